The number of hydrogen-bond acceptors (Lipinski definition) is 6. The second kappa shape index (κ2) is 9.54. The molecule has 3 rings (SSSR count). The molecule has 1 unspecified atom stereocenters. The lowest BCUT2D eigenvalue weighted by Gasteiger charge is -2.24. The quantitative estimate of drug-likeness (QED) is 0.610. The molecule has 1 atom stereocenters. The molecule has 0 aliphatic carbocycles. The lowest BCUT2D eigenvalue weighted by Crippen LogP contribution is -2.34. The Hall–Kier alpha value is -2.90. The number of nitrogens with zero attached hydrogens (tertiary/aromatic N) is 2. The van der Waals surface area contributed by atoms with Gasteiger partial charge >= 0.3 is 0 Å². The monoisotopic (exact) mass is 411 g/mol. The van der Waals surface area contributed by atoms with Crippen LogP contribution in [0.2, 0.25) is 0 Å². The average Bonchev–Trinajstić information content (AvgIpc) is 3.24. The average molecular weight is 412 g/mol. The molecule has 0 saturated heterocycles. The molecule has 0 fully saturated rings. The van der Waals surface area contributed by atoms with Crippen LogP contribution in [0.1, 0.15) is 22.1 Å². The van der Waals surface area contributed by atoms with Crippen LogP contribution >= 0.6 is 11.3 Å². The second-order valence-corrected chi connectivity index (χ2v) is 7.57. The summed E-state index contributed by atoms with van der Waals surface area (Å²) in [5.41, 5.74) is 2.44. The van der Waals surface area contributed by atoms with Gasteiger partial charge < -0.3 is 19.7 Å². The molecular formula is C22H25N3O3S. The first-order valence-corrected chi connectivity index (χ1v) is 10.1. The Labute approximate surface area is 175 Å². The van der Waals surface area contributed by atoms with E-state index in [9.17, 15) is 4.79 Å². The zero-order chi connectivity index (χ0) is 20.8. The Bertz CT molecular complexity index is 957. The maximum absolute atomic E-state index is 12.6. The number of ether oxygens (including phenoxy) is 2. The molecule has 0 bridgehead atoms. The minimum atomic E-state index is -0.184. The second-order valence-electron chi connectivity index (χ2n) is 6.71. The van der Waals surface area contributed by atoms with Crippen LogP contribution < -0.4 is 14.8 Å². The fraction of sp³-hybridized carbons (Fsp3) is 0.273. The summed E-state index contributed by atoms with van der Waals surface area (Å²) >= 11 is 1.42. The van der Waals surface area contributed by atoms with Gasteiger partial charge in [-0.1, -0.05) is 30.3 Å². The van der Waals surface area contributed by atoms with Crippen molar-refractivity contribution in [2.75, 3.05) is 34.9 Å². The van der Waals surface area contributed by atoms with E-state index in [1.54, 1.807) is 19.6 Å². The molecule has 2 aromatic carbocycles. The molecule has 0 aliphatic heterocycles. The van der Waals surface area contributed by atoms with E-state index in [0.717, 1.165) is 16.1 Å². The highest BCUT2D eigenvalue weighted by Gasteiger charge is 2.18. The van der Waals surface area contributed by atoms with Gasteiger partial charge in [0.2, 0.25) is 0 Å². The number of nitrogens with one attached hydrogen (secondary N) is 1. The standard InChI is InChI=1S/C22H25N3O3S/c1-25(2)18(15-8-6-5-7-9-15)13-23-21(26)17-14-29-22(24-17)16-10-11-19(27-3)20(12-16)28-4/h5-12,14,18H,13H2,1-4H3,(H,23,26). The van der Waals surface area contributed by atoms with E-state index >= 15 is 0 Å². The lowest BCUT2D eigenvalue weighted by atomic mass is 10.1. The van der Waals surface area contributed by atoms with Gasteiger partial charge in [0.05, 0.1) is 20.3 Å². The molecule has 1 heterocycles. The molecule has 0 saturated carbocycles. The molecular weight excluding hydrogens is 386 g/mol. The molecule has 0 radical (unpaired) electrons. The summed E-state index contributed by atoms with van der Waals surface area (Å²) in [6, 6.07) is 15.8. The van der Waals surface area contributed by atoms with E-state index < -0.39 is 0 Å². The highest BCUT2D eigenvalue weighted by atomic mass is 32.1. The normalized spacial score (nSPS) is 11.9. The first kappa shape index (κ1) is 20.8. The minimum Gasteiger partial charge on any atom is -0.493 e. The van der Waals surface area contributed by atoms with Gasteiger partial charge in [0.25, 0.3) is 5.91 Å². The molecule has 1 amide bonds. The van der Waals surface area contributed by atoms with Crippen LogP contribution in [0.25, 0.3) is 10.6 Å². The number of carbonyl (C=O) groups excluding carboxylic acids is 1. The Morgan fingerprint density at radius 3 is 2.48 bits per heavy atom. The van der Waals surface area contributed by atoms with Crippen molar-refractivity contribution in [3.8, 4) is 22.1 Å². The van der Waals surface area contributed by atoms with Gasteiger partial charge in [-0.25, -0.2) is 4.98 Å². The lowest BCUT2D eigenvalue weighted by molar-refractivity contribution is 0.0937. The molecule has 7 heteroatoms. The van der Waals surface area contributed by atoms with Crippen LogP contribution in [0.4, 0.5) is 0 Å². The topological polar surface area (TPSA) is 63.7 Å². The van der Waals surface area contributed by atoms with Crippen molar-refractivity contribution < 1.29 is 14.3 Å². The molecule has 152 valence electrons. The van der Waals surface area contributed by atoms with E-state index in [4.69, 9.17) is 9.47 Å². The number of aromatic nitrogens is 1. The van der Waals surface area contributed by atoms with Crippen molar-refractivity contribution in [1.82, 2.24) is 15.2 Å². The predicted octanol–water partition coefficient (Wildman–Crippen LogP) is 3.86. The van der Waals surface area contributed by atoms with Crippen molar-refractivity contribution in [1.29, 1.82) is 0 Å². The predicted molar refractivity (Wildman–Crippen MR) is 116 cm³/mol. The third kappa shape index (κ3) is 4.93. The van der Waals surface area contributed by atoms with Crippen LogP contribution in [0.5, 0.6) is 11.5 Å². The van der Waals surface area contributed by atoms with Crippen LogP contribution in [0, 0.1) is 0 Å². The summed E-state index contributed by atoms with van der Waals surface area (Å²) in [5.74, 6) is 1.10. The summed E-state index contributed by atoms with van der Waals surface area (Å²) in [5, 5.41) is 5.53. The number of carbonyl (C=O) groups is 1. The van der Waals surface area contributed by atoms with Gasteiger partial charge in [-0.3, -0.25) is 4.79 Å². The van der Waals surface area contributed by atoms with Crippen LogP contribution in [-0.4, -0.2) is 50.7 Å². The number of rotatable bonds is 8. The zero-order valence-electron chi connectivity index (χ0n) is 17.0. The van der Waals surface area contributed by atoms with Gasteiger partial charge in [0.15, 0.2) is 11.5 Å². The van der Waals surface area contributed by atoms with Gasteiger partial charge in [0.1, 0.15) is 10.7 Å². The largest absolute Gasteiger partial charge is 0.493 e. The fourth-order valence-electron chi connectivity index (χ4n) is 3.03. The molecule has 1 aromatic heterocycles. The van der Waals surface area contributed by atoms with E-state index in [2.05, 4.69) is 27.3 Å². The van der Waals surface area contributed by atoms with Crippen molar-refractivity contribution >= 4 is 17.2 Å². The molecule has 3 aromatic rings. The van der Waals surface area contributed by atoms with Crippen molar-refractivity contribution in [2.24, 2.45) is 0 Å². The van der Waals surface area contributed by atoms with Crippen LogP contribution in [0.3, 0.4) is 0 Å². The number of methoxy groups -OCH3 is 2. The number of thiazole rings is 1. The van der Waals surface area contributed by atoms with E-state index in [1.807, 2.05) is 50.5 Å². The van der Waals surface area contributed by atoms with Gasteiger partial charge in [-0.2, -0.15) is 0 Å². The maximum Gasteiger partial charge on any atom is 0.270 e. The van der Waals surface area contributed by atoms with E-state index in [-0.39, 0.29) is 11.9 Å². The van der Waals surface area contributed by atoms with E-state index in [1.165, 1.54) is 11.3 Å². The third-order valence-electron chi connectivity index (χ3n) is 4.63. The smallest absolute Gasteiger partial charge is 0.270 e. The minimum absolute atomic E-state index is 0.0871. The fourth-order valence-corrected chi connectivity index (χ4v) is 3.83. The van der Waals surface area contributed by atoms with Crippen molar-refractivity contribution in [3.05, 3.63) is 65.2 Å². The summed E-state index contributed by atoms with van der Waals surface area (Å²) in [6.45, 7) is 0.499. The first-order valence-electron chi connectivity index (χ1n) is 9.21. The summed E-state index contributed by atoms with van der Waals surface area (Å²) in [7, 11) is 7.19. The zero-order valence-corrected chi connectivity index (χ0v) is 17.8. The Morgan fingerprint density at radius 2 is 1.83 bits per heavy atom. The molecule has 0 spiro atoms. The number of likely N-dealkylation sites (N-methyl/N-ethyl adjacent to an activating group) is 1. The van der Waals surface area contributed by atoms with Crippen molar-refractivity contribution in [2.45, 2.75) is 6.04 Å². The number of benzene rings is 2. The van der Waals surface area contributed by atoms with Gasteiger partial charge in [-0.05, 0) is 37.9 Å². The van der Waals surface area contributed by atoms with Crippen molar-refractivity contribution in [3.63, 3.8) is 0 Å². The molecule has 0 aliphatic rings. The van der Waals surface area contributed by atoms with Gasteiger partial charge in [0, 0.05) is 17.5 Å². The van der Waals surface area contributed by atoms with Crippen LogP contribution in [-0.2, 0) is 0 Å². The Balaban J connectivity index is 1.71. The van der Waals surface area contributed by atoms with Gasteiger partial charge in [-0.15, -0.1) is 11.3 Å². The number of hydrogen-bond donors (Lipinski definition) is 1. The SMILES string of the molecule is COc1ccc(-c2nc(C(=O)NCC(c3ccccc3)N(C)C)cs2)cc1OC. The highest BCUT2D eigenvalue weighted by molar-refractivity contribution is 7.13. The third-order valence-corrected chi connectivity index (χ3v) is 5.52. The Kier molecular flexibility index (Phi) is 6.85. The van der Waals surface area contributed by atoms with Crippen LogP contribution in [0.15, 0.2) is 53.9 Å². The summed E-state index contributed by atoms with van der Waals surface area (Å²) in [6.07, 6.45) is 0. The van der Waals surface area contributed by atoms with E-state index in [0.29, 0.717) is 23.7 Å². The summed E-state index contributed by atoms with van der Waals surface area (Å²) in [4.78, 5) is 19.2. The molecule has 1 N–H and O–H groups in total. The first-order chi connectivity index (χ1) is 14.0. The number of amides is 1. The maximum atomic E-state index is 12.6. The molecule has 6 nitrogen and oxygen atoms in total. The highest BCUT2D eigenvalue weighted by Crippen LogP contribution is 2.33. The summed E-state index contributed by atoms with van der Waals surface area (Å²) < 4.78 is 10.6. The molecule has 29 heavy (non-hydrogen) atoms. The Morgan fingerprint density at radius 1 is 1.10 bits per heavy atom.